The summed E-state index contributed by atoms with van der Waals surface area (Å²) < 4.78 is 186. The largest absolute Gasteiger partial charge is 0.481 e. The fourth-order valence-electron chi connectivity index (χ4n) is 9.66. The van der Waals surface area contributed by atoms with Gasteiger partial charge in [0.15, 0.2) is 25.5 Å². The van der Waals surface area contributed by atoms with E-state index in [0.717, 1.165) is 11.1 Å². The van der Waals surface area contributed by atoms with Gasteiger partial charge in [0, 0.05) is 31.2 Å². The average molecular weight is 1700 g/mol. The zero-order valence-electron chi connectivity index (χ0n) is 68.2. The Bertz CT molecular complexity index is 3000. The Balaban J connectivity index is 0.983. The Morgan fingerprint density at radius 1 is 0.310 bits per heavy atom. The van der Waals surface area contributed by atoms with E-state index in [0.29, 0.717) is 291 Å². The molecule has 666 valence electrons. The van der Waals surface area contributed by atoms with Crippen molar-refractivity contribution in [1.29, 1.82) is 0 Å². The van der Waals surface area contributed by atoms with E-state index >= 15 is 0 Å². The summed E-state index contributed by atoms with van der Waals surface area (Å²) in [7, 11) is -6.65. The highest BCUT2D eigenvalue weighted by atomic mass is 32.2. The lowest BCUT2D eigenvalue weighted by Gasteiger charge is -2.19. The molecule has 0 radical (unpaired) electrons. The molecule has 0 aliphatic rings. The summed E-state index contributed by atoms with van der Waals surface area (Å²) in [5.74, 6) is -6.51. The number of carbonyl (C=O) groups excluding carboxylic acids is 3. The van der Waals surface area contributed by atoms with Crippen molar-refractivity contribution in [2.75, 3.05) is 336 Å². The number of aliphatic carboxylic acids is 1. The standard InChI is InChI=1S/C79H130N2O33S2/c1-68-4-12-73(13-5-68)115(87,88)66-72(67-116(89,90)74-14-6-69(2)7-15-74)77(84)70-8-10-71(11-9-70)78(85)81-75(16-17-76(82)83)79(86)80-18-19-92-22-23-94-26-27-96-30-31-98-34-35-100-38-39-102-42-43-104-46-47-106-50-51-108-54-55-110-58-59-112-62-63-114-65-64-113-61-60-111-57-56-109-53-52-107-49-48-105-45-44-103-41-40-101-37-36-99-33-32-97-29-28-95-25-24-93-21-20-91-3/h4-15,72,75H,16-67H2,1-3H3,(H,80,86)(H,81,85)(H,82,83)/t75-/m0/s1. The van der Waals surface area contributed by atoms with Crippen LogP contribution in [0.1, 0.15) is 44.7 Å². The average Bonchev–Trinajstić information content (AvgIpc) is 0.798. The van der Waals surface area contributed by atoms with Crippen molar-refractivity contribution in [2.24, 2.45) is 5.92 Å². The Hall–Kier alpha value is -5.32. The molecule has 2 amide bonds. The zero-order valence-corrected chi connectivity index (χ0v) is 69.8. The fourth-order valence-corrected chi connectivity index (χ4v) is 12.9. The summed E-state index contributed by atoms with van der Waals surface area (Å²) in [6.07, 6.45) is -0.674. The summed E-state index contributed by atoms with van der Waals surface area (Å²) in [6, 6.07) is 15.8. The first-order valence-electron chi connectivity index (χ1n) is 39.4. The molecule has 0 saturated heterocycles. The van der Waals surface area contributed by atoms with Gasteiger partial charge in [0.2, 0.25) is 5.91 Å². The van der Waals surface area contributed by atoms with Crippen LogP contribution in [0.3, 0.4) is 0 Å². The zero-order chi connectivity index (χ0) is 83.6. The lowest BCUT2D eigenvalue weighted by atomic mass is 9.99. The number of carboxylic acid groups (broad SMARTS) is 1. The van der Waals surface area contributed by atoms with Crippen molar-refractivity contribution in [3.8, 4) is 0 Å². The number of rotatable bonds is 86. The number of amides is 2. The first-order chi connectivity index (χ1) is 56.6. The molecule has 0 saturated carbocycles. The topological polar surface area (TPSA) is 402 Å². The Kier molecular flexibility index (Phi) is 66.5. The molecule has 0 aromatic heterocycles. The van der Waals surface area contributed by atoms with Crippen LogP contribution < -0.4 is 10.6 Å². The van der Waals surface area contributed by atoms with Gasteiger partial charge in [-0.05, 0) is 56.7 Å². The maximum absolute atomic E-state index is 14.0. The number of ether oxygens (including phenoxy) is 24. The van der Waals surface area contributed by atoms with Crippen molar-refractivity contribution in [1.82, 2.24) is 10.6 Å². The number of hydrogen-bond acceptors (Lipinski definition) is 32. The quantitative estimate of drug-likeness (QED) is 0.0539. The lowest BCUT2D eigenvalue weighted by molar-refractivity contribution is -0.137. The number of ketones is 1. The fraction of sp³-hybridized carbons (Fsp3) is 0.722. The summed E-state index contributed by atoms with van der Waals surface area (Å²) in [6.45, 7) is 24.4. The third-order valence-electron chi connectivity index (χ3n) is 15.8. The number of carbonyl (C=O) groups is 4. The first kappa shape index (κ1) is 105. The molecule has 0 fully saturated rings. The molecule has 0 bridgehead atoms. The summed E-state index contributed by atoms with van der Waals surface area (Å²) in [5, 5.41) is 14.5. The molecule has 3 aromatic carbocycles. The molecule has 0 unspecified atom stereocenters. The monoisotopic (exact) mass is 1700 g/mol. The molecule has 37 heteroatoms. The van der Waals surface area contributed by atoms with Gasteiger partial charge < -0.3 is 129 Å². The van der Waals surface area contributed by atoms with Crippen LogP contribution in [0.4, 0.5) is 0 Å². The van der Waals surface area contributed by atoms with Crippen LogP contribution in [0.15, 0.2) is 82.6 Å². The minimum Gasteiger partial charge on any atom is -0.481 e. The van der Waals surface area contributed by atoms with Gasteiger partial charge in [-0.15, -0.1) is 0 Å². The predicted octanol–water partition coefficient (Wildman–Crippen LogP) is 3.16. The molecule has 0 heterocycles. The van der Waals surface area contributed by atoms with Crippen LogP contribution >= 0.6 is 0 Å². The van der Waals surface area contributed by atoms with E-state index in [2.05, 4.69) is 10.6 Å². The van der Waals surface area contributed by atoms with Crippen molar-refractivity contribution in [3.63, 3.8) is 0 Å². The molecule has 116 heavy (non-hydrogen) atoms. The van der Waals surface area contributed by atoms with Crippen LogP contribution in [0.25, 0.3) is 0 Å². The Labute approximate surface area is 684 Å². The predicted molar refractivity (Wildman–Crippen MR) is 423 cm³/mol. The Morgan fingerprint density at radius 2 is 0.526 bits per heavy atom. The van der Waals surface area contributed by atoms with Gasteiger partial charge in [0.1, 0.15) is 6.04 Å². The summed E-state index contributed by atoms with van der Waals surface area (Å²) >= 11 is 0. The molecule has 35 nitrogen and oxygen atoms in total. The van der Waals surface area contributed by atoms with E-state index < -0.39 is 73.1 Å². The summed E-state index contributed by atoms with van der Waals surface area (Å²) in [4.78, 5) is 51.9. The number of benzene rings is 3. The second kappa shape index (κ2) is 73.6. The molecular formula is C79H130N2O33S2. The molecule has 0 aliphatic carbocycles. The van der Waals surface area contributed by atoms with E-state index in [1.165, 1.54) is 48.5 Å². The van der Waals surface area contributed by atoms with Crippen LogP contribution in [0.5, 0.6) is 0 Å². The first-order valence-corrected chi connectivity index (χ1v) is 42.7. The molecule has 3 aromatic rings. The van der Waals surface area contributed by atoms with E-state index in [9.17, 15) is 41.1 Å². The molecule has 0 aliphatic heterocycles. The Morgan fingerprint density at radius 3 is 0.750 bits per heavy atom. The molecule has 1 atom stereocenters. The highest BCUT2D eigenvalue weighted by Crippen LogP contribution is 2.24. The third kappa shape index (κ3) is 59.4. The van der Waals surface area contributed by atoms with Crippen molar-refractivity contribution in [2.45, 2.75) is 42.5 Å². The van der Waals surface area contributed by atoms with E-state index in [1.54, 1.807) is 45.2 Å². The minimum absolute atomic E-state index is 0.00575. The molecule has 3 N–H and O–H groups in total. The van der Waals surface area contributed by atoms with Crippen LogP contribution in [-0.2, 0) is 143 Å². The van der Waals surface area contributed by atoms with E-state index in [4.69, 9.17) is 114 Å². The second-order valence-electron chi connectivity index (χ2n) is 25.2. The number of aryl methyl sites for hydroxylation is 2. The number of sulfone groups is 2. The van der Waals surface area contributed by atoms with Crippen molar-refractivity contribution in [3.05, 3.63) is 95.1 Å². The molecule has 0 spiro atoms. The van der Waals surface area contributed by atoms with Gasteiger partial charge in [0.25, 0.3) is 5.91 Å². The summed E-state index contributed by atoms with van der Waals surface area (Å²) in [5.41, 5.74) is 1.55. The lowest BCUT2D eigenvalue weighted by Crippen LogP contribution is -2.47. The van der Waals surface area contributed by atoms with Gasteiger partial charge in [-0.2, -0.15) is 0 Å². The number of Topliss-reactive ketones (excluding diaryl/α,β-unsaturated/α-hetero) is 1. The number of hydrogen-bond donors (Lipinski definition) is 3. The molecular weight excluding hydrogens is 1570 g/mol. The smallest absolute Gasteiger partial charge is 0.303 e. The minimum atomic E-state index is -4.15. The van der Waals surface area contributed by atoms with Crippen molar-refractivity contribution >= 4 is 43.2 Å². The highest BCUT2D eigenvalue weighted by Gasteiger charge is 2.33. The van der Waals surface area contributed by atoms with E-state index in [1.807, 2.05) is 0 Å². The van der Waals surface area contributed by atoms with E-state index in [-0.39, 0.29) is 53.7 Å². The van der Waals surface area contributed by atoms with Gasteiger partial charge in [-0.3, -0.25) is 19.2 Å². The SMILES string of the molecule is COCCOCCOCCOCCOCCOCCOCCOCCOCCOCCOCCOCCOCCOCCOCCOCCOCCOCCOCCOCCOCCOCCOCCOCCNC(=O)[C@H](CCC(=O)O)NC(=O)c1ccc(C(=O)C(CS(=O)(=O)c2ccc(C)cc2)CS(=O)(=O)c2ccc(C)cc2)cc1. The van der Waals surface area contributed by atoms with Gasteiger partial charge in [0.05, 0.1) is 338 Å². The van der Waals surface area contributed by atoms with Gasteiger partial charge in [-0.25, -0.2) is 16.8 Å². The van der Waals surface area contributed by atoms with Crippen LogP contribution in [0, 0.1) is 19.8 Å². The maximum atomic E-state index is 14.0. The van der Waals surface area contributed by atoms with Crippen molar-refractivity contribution < 1.29 is 155 Å². The number of carboxylic acids is 1. The highest BCUT2D eigenvalue weighted by molar-refractivity contribution is 7.92. The third-order valence-corrected chi connectivity index (χ3v) is 19.5. The van der Waals surface area contributed by atoms with Crippen LogP contribution in [0.2, 0.25) is 0 Å². The van der Waals surface area contributed by atoms with Crippen LogP contribution in [-0.4, -0.2) is 387 Å². The number of nitrogens with one attached hydrogen (secondary N) is 2. The maximum Gasteiger partial charge on any atom is 0.303 e. The van der Waals surface area contributed by atoms with Gasteiger partial charge >= 0.3 is 5.97 Å². The normalized spacial score (nSPS) is 12.1. The molecule has 3 rings (SSSR count). The van der Waals surface area contributed by atoms with Gasteiger partial charge in [-0.1, -0.05) is 47.5 Å². The number of methoxy groups -OCH3 is 1. The second-order valence-corrected chi connectivity index (χ2v) is 29.2.